The largest absolute Gasteiger partial charge is 0.508 e. The van der Waals surface area contributed by atoms with Crippen molar-refractivity contribution in [3.8, 4) is 0 Å². The third kappa shape index (κ3) is 5.95. The number of carbonyl (C=O) groups is 3. The molecule has 0 aromatic rings. The summed E-state index contributed by atoms with van der Waals surface area (Å²) >= 11 is 0. The minimum Gasteiger partial charge on any atom is -0.508 e. The molecule has 4 aliphatic carbocycles. The predicted molar refractivity (Wildman–Crippen MR) is 188 cm³/mol. The quantitative estimate of drug-likeness (QED) is 0.139. The van der Waals surface area contributed by atoms with E-state index in [2.05, 4.69) is 32.4 Å². The van der Waals surface area contributed by atoms with Crippen LogP contribution in [0.4, 0.5) is 0 Å². The number of allylic oxidation sites excluding steroid dienone is 1. The van der Waals surface area contributed by atoms with Gasteiger partial charge in [0, 0.05) is 17.9 Å². The molecule has 296 valence electrons. The van der Waals surface area contributed by atoms with Gasteiger partial charge < -0.3 is 53.6 Å². The van der Waals surface area contributed by atoms with Gasteiger partial charge in [-0.1, -0.05) is 26.7 Å². The monoisotopic (exact) mass is 764 g/mol. The van der Waals surface area contributed by atoms with Crippen LogP contribution in [0.15, 0.2) is 77.3 Å². The van der Waals surface area contributed by atoms with Crippen LogP contribution in [0.25, 0.3) is 0 Å². The summed E-state index contributed by atoms with van der Waals surface area (Å²) in [4.78, 5) is 37.7. The standard InChI is InChI=1S/C41H48O14/c1-19-36(47)28(42)15-34(50-19)54-38-21(3)52-35(17-30(38)44)55-37-20(2)51-33(16-29(37)43)53-24-8-10-39(4)23(13-24)6-7-26-27(39)14-31(45)40(5)25(9-11-41(26,40)48)22-12-32(46)49-18-22/h23-27,33-35,43-44,46,48H,1-3,6-11,13-18H2,4-5H3/t23-,24?,25?,26-,27+,33?,34?,35?,39+,40+,41+/m1/s1. The first-order valence-electron chi connectivity index (χ1n) is 19.1. The molecule has 11 atom stereocenters. The topological polar surface area (TPSA) is 197 Å². The first-order valence-corrected chi connectivity index (χ1v) is 19.1. The van der Waals surface area contributed by atoms with Crippen LogP contribution in [-0.2, 0) is 47.5 Å². The molecule has 0 aromatic heterocycles. The van der Waals surface area contributed by atoms with E-state index in [1.807, 2.05) is 6.92 Å². The zero-order valence-corrected chi connectivity index (χ0v) is 31.1. The van der Waals surface area contributed by atoms with E-state index in [1.165, 1.54) is 0 Å². The summed E-state index contributed by atoms with van der Waals surface area (Å²) in [5, 5.41) is 44.1. The second-order valence-corrected chi connectivity index (χ2v) is 16.7. The van der Waals surface area contributed by atoms with Gasteiger partial charge in [-0.3, -0.25) is 14.4 Å². The van der Waals surface area contributed by atoms with Crippen molar-refractivity contribution in [2.75, 3.05) is 6.61 Å². The summed E-state index contributed by atoms with van der Waals surface area (Å²) in [6, 6.07) is 0. The van der Waals surface area contributed by atoms with Gasteiger partial charge in [-0.05, 0) is 80.8 Å². The molecule has 4 aliphatic heterocycles. The fraction of sp³-hybridized carbons (Fsp3) is 0.610. The summed E-state index contributed by atoms with van der Waals surface area (Å²) in [5.41, 5.74) is 1.41. The zero-order valence-electron chi connectivity index (χ0n) is 31.1. The Morgan fingerprint density at radius 3 is 2.04 bits per heavy atom. The number of aliphatic hydroxyl groups excluding tert-OH is 3. The molecule has 5 unspecified atom stereocenters. The van der Waals surface area contributed by atoms with Gasteiger partial charge in [0.15, 0.2) is 17.3 Å². The number of rotatable bonds is 7. The molecule has 0 radical (unpaired) electrons. The highest BCUT2D eigenvalue weighted by molar-refractivity contribution is 6.43. The molecular formula is C41H48O14. The molecular weight excluding hydrogens is 716 g/mol. The number of ether oxygens (including phenoxy) is 7. The molecule has 4 heterocycles. The third-order valence-electron chi connectivity index (χ3n) is 14.0. The number of aliphatic hydroxyl groups is 4. The van der Waals surface area contributed by atoms with E-state index in [-0.39, 0.29) is 113 Å². The molecule has 1 saturated heterocycles. The van der Waals surface area contributed by atoms with Crippen molar-refractivity contribution >= 4 is 17.3 Å². The van der Waals surface area contributed by atoms with Gasteiger partial charge in [-0.25, -0.2) is 0 Å². The van der Waals surface area contributed by atoms with Crippen molar-refractivity contribution in [2.45, 2.75) is 115 Å². The highest BCUT2D eigenvalue weighted by Gasteiger charge is 2.71. The van der Waals surface area contributed by atoms with Crippen LogP contribution in [0.1, 0.15) is 84.5 Å². The van der Waals surface area contributed by atoms with Crippen molar-refractivity contribution < 1.29 is 68.0 Å². The molecule has 4 N–H and O–H groups in total. The molecule has 14 heteroatoms. The fourth-order valence-electron chi connectivity index (χ4n) is 11.1. The molecule has 8 rings (SSSR count). The Morgan fingerprint density at radius 2 is 1.40 bits per heavy atom. The lowest BCUT2D eigenvalue weighted by Gasteiger charge is -2.63. The second-order valence-electron chi connectivity index (χ2n) is 16.7. The Morgan fingerprint density at radius 1 is 0.764 bits per heavy atom. The molecule has 4 saturated carbocycles. The summed E-state index contributed by atoms with van der Waals surface area (Å²) in [7, 11) is 0. The zero-order chi connectivity index (χ0) is 39.2. The molecule has 5 fully saturated rings. The maximum Gasteiger partial charge on any atom is 0.325 e. The fourth-order valence-corrected chi connectivity index (χ4v) is 11.1. The molecule has 8 aliphatic rings. The maximum atomic E-state index is 14.2. The van der Waals surface area contributed by atoms with E-state index < -0.39 is 41.5 Å². The minimum atomic E-state index is -1.21. The van der Waals surface area contributed by atoms with Crippen LogP contribution < -0.4 is 0 Å². The van der Waals surface area contributed by atoms with Gasteiger partial charge in [-0.15, -0.1) is 0 Å². The second kappa shape index (κ2) is 13.2. The van der Waals surface area contributed by atoms with Crippen LogP contribution >= 0.6 is 0 Å². The molecule has 0 aromatic carbocycles. The summed E-state index contributed by atoms with van der Waals surface area (Å²) in [6.07, 6.45) is 1.62. The number of ketones is 3. The Labute approximate surface area is 318 Å². The van der Waals surface area contributed by atoms with Crippen LogP contribution in [0.2, 0.25) is 0 Å². The summed E-state index contributed by atoms with van der Waals surface area (Å²) < 4.78 is 40.0. The Kier molecular flexibility index (Phi) is 8.97. The first-order chi connectivity index (χ1) is 26.0. The number of hydrogen-bond acceptors (Lipinski definition) is 14. The van der Waals surface area contributed by atoms with Crippen molar-refractivity contribution in [2.24, 2.45) is 34.5 Å². The Bertz CT molecular complexity index is 1880. The molecule has 0 amide bonds. The smallest absolute Gasteiger partial charge is 0.325 e. The van der Waals surface area contributed by atoms with Crippen molar-refractivity contribution in [1.29, 1.82) is 0 Å². The average molecular weight is 765 g/mol. The van der Waals surface area contributed by atoms with Gasteiger partial charge in [0.1, 0.15) is 23.9 Å². The summed E-state index contributed by atoms with van der Waals surface area (Å²) in [5.74, 6) is -2.88. The highest BCUT2D eigenvalue weighted by atomic mass is 16.7. The van der Waals surface area contributed by atoms with Gasteiger partial charge in [0.05, 0.1) is 36.4 Å². The number of carbonyl (C=O) groups excluding carboxylic acids is 3. The van der Waals surface area contributed by atoms with E-state index in [1.54, 1.807) is 0 Å². The highest BCUT2D eigenvalue weighted by Crippen LogP contribution is 2.69. The van der Waals surface area contributed by atoms with Crippen LogP contribution in [0.5, 0.6) is 0 Å². The van der Waals surface area contributed by atoms with Crippen molar-refractivity contribution in [3.63, 3.8) is 0 Å². The predicted octanol–water partition coefficient (Wildman–Crippen LogP) is 5.77. The van der Waals surface area contributed by atoms with Gasteiger partial charge in [0.2, 0.25) is 36.2 Å². The Hall–Kier alpha value is -4.65. The summed E-state index contributed by atoms with van der Waals surface area (Å²) in [6.45, 7) is 15.5. The van der Waals surface area contributed by atoms with Crippen molar-refractivity contribution in [1.82, 2.24) is 0 Å². The number of Topliss-reactive ketones (excluding diaryl/α,β-unsaturated/α-hetero) is 3. The number of hydrogen-bond donors (Lipinski definition) is 4. The van der Waals surface area contributed by atoms with Gasteiger partial charge >= 0.3 is 5.95 Å². The van der Waals surface area contributed by atoms with E-state index in [9.17, 15) is 34.8 Å². The normalized spacial score (nSPS) is 41.6. The van der Waals surface area contributed by atoms with E-state index in [0.717, 1.165) is 37.7 Å². The third-order valence-corrected chi connectivity index (χ3v) is 14.0. The van der Waals surface area contributed by atoms with Crippen LogP contribution in [0.3, 0.4) is 0 Å². The molecule has 55 heavy (non-hydrogen) atoms. The lowest BCUT2D eigenvalue weighted by atomic mass is 9.43. The Balaban J connectivity index is 0.879. The van der Waals surface area contributed by atoms with Gasteiger partial charge in [-0.2, -0.15) is 0 Å². The first kappa shape index (κ1) is 37.3. The lowest BCUT2D eigenvalue weighted by Crippen LogP contribution is -2.65. The van der Waals surface area contributed by atoms with Crippen molar-refractivity contribution in [3.05, 3.63) is 77.3 Å². The van der Waals surface area contributed by atoms with Crippen LogP contribution in [-0.4, -0.2) is 75.0 Å². The van der Waals surface area contributed by atoms with E-state index >= 15 is 0 Å². The SMILES string of the molecule is C=C1OC(OC2=C(O)CC(OC3=C(O)CC(OC4CC[C@@]5(C)[C@H](CC[C@@H]6[C@@H]5CC(=O)[C@]5(C)C(C7=C=C(O)OC7)CC[C@]65O)C4)OC3=C)OC2=C)CC(=O)C1=O. The molecule has 0 bridgehead atoms. The van der Waals surface area contributed by atoms with Gasteiger partial charge in [0.25, 0.3) is 5.78 Å². The molecule has 0 spiro atoms. The maximum absolute atomic E-state index is 14.2. The van der Waals surface area contributed by atoms with E-state index in [0.29, 0.717) is 19.3 Å². The number of fused-ring (bicyclic) bond motifs is 5. The van der Waals surface area contributed by atoms with Crippen LogP contribution in [0, 0.1) is 34.5 Å². The lowest BCUT2D eigenvalue weighted by molar-refractivity contribution is -0.218. The van der Waals surface area contributed by atoms with E-state index in [4.69, 9.17) is 33.2 Å². The average Bonchev–Trinajstić information content (AvgIpc) is 3.67. The molecule has 14 nitrogen and oxygen atoms in total. The minimum absolute atomic E-state index is 0.0178.